The Morgan fingerprint density at radius 1 is 0.581 bits per heavy atom. The van der Waals surface area contributed by atoms with Crippen LogP contribution in [-0.2, 0) is 13.1 Å². The number of rotatable bonds is 13. The zero-order valence-electron chi connectivity index (χ0n) is 21.4. The number of hydrogen-bond acceptors (Lipinski definition) is 0. The smallest absolute Gasteiger partial charge is 0.169 e. The molecule has 2 unspecified atom stereocenters. The number of aromatic nitrogens is 2. The zero-order valence-corrected chi connectivity index (χ0v) is 21.4. The van der Waals surface area contributed by atoms with Crippen molar-refractivity contribution in [3.63, 3.8) is 0 Å². The molecule has 31 heavy (non-hydrogen) atoms. The Bertz CT molecular complexity index is 601. The molecule has 2 heteroatoms. The van der Waals surface area contributed by atoms with Gasteiger partial charge in [0.2, 0.25) is 0 Å². The molecule has 0 saturated heterocycles. The monoisotopic (exact) mass is 426 g/mol. The first-order valence-electron chi connectivity index (χ1n) is 13.1. The molecule has 0 aliphatic carbocycles. The number of nitrogens with zero attached hydrogens (tertiary/aromatic N) is 2. The predicted molar refractivity (Wildman–Crippen MR) is 135 cm³/mol. The third-order valence-electron chi connectivity index (χ3n) is 6.14. The minimum absolute atomic E-state index is 0.797. The standard InChI is InChI=1S/C26H42N2.C3H8/c1-5-9-11-23(7-3)21-27-17-13-25(14-18-27)26-15-19-28(20-16-26)22-24(8-4)12-10-6-2;1-3-2/h13-20,23-24H,5-12,21-22H2,1-4H3;3H2,1-2H3/q+2;. The summed E-state index contributed by atoms with van der Waals surface area (Å²) in [7, 11) is 0. The highest BCUT2D eigenvalue weighted by atomic mass is 14.9. The molecule has 0 aromatic carbocycles. The molecule has 0 bridgehead atoms. The largest absolute Gasteiger partial charge is 0.205 e. The van der Waals surface area contributed by atoms with Crippen molar-refractivity contribution in [1.82, 2.24) is 0 Å². The van der Waals surface area contributed by atoms with E-state index in [2.05, 4.69) is 99.7 Å². The summed E-state index contributed by atoms with van der Waals surface area (Å²) >= 11 is 0. The zero-order chi connectivity index (χ0) is 22.9. The second-order valence-corrected chi connectivity index (χ2v) is 9.11. The lowest BCUT2D eigenvalue weighted by atomic mass is 9.99. The van der Waals surface area contributed by atoms with Gasteiger partial charge in [0.05, 0.1) is 0 Å². The van der Waals surface area contributed by atoms with Crippen LogP contribution in [0.25, 0.3) is 11.1 Å². The van der Waals surface area contributed by atoms with Crippen molar-refractivity contribution in [2.75, 3.05) is 0 Å². The van der Waals surface area contributed by atoms with Crippen molar-refractivity contribution in [3.8, 4) is 11.1 Å². The van der Waals surface area contributed by atoms with Crippen LogP contribution in [0.5, 0.6) is 0 Å². The van der Waals surface area contributed by atoms with Gasteiger partial charge in [-0.15, -0.1) is 0 Å². The summed E-state index contributed by atoms with van der Waals surface area (Å²) in [6.07, 6.45) is 20.8. The third kappa shape index (κ3) is 10.9. The molecule has 2 rings (SSSR count). The van der Waals surface area contributed by atoms with Gasteiger partial charge in [-0.05, 0) is 36.8 Å². The molecule has 0 saturated carbocycles. The lowest BCUT2D eigenvalue weighted by Crippen LogP contribution is -2.37. The number of pyridine rings is 2. The highest BCUT2D eigenvalue weighted by molar-refractivity contribution is 5.60. The Kier molecular flexibility index (Phi) is 14.9. The van der Waals surface area contributed by atoms with Gasteiger partial charge in [0.15, 0.2) is 37.9 Å². The lowest BCUT2D eigenvalue weighted by Gasteiger charge is -2.11. The van der Waals surface area contributed by atoms with Crippen LogP contribution in [0.4, 0.5) is 0 Å². The van der Waals surface area contributed by atoms with Gasteiger partial charge in [0.1, 0.15) is 0 Å². The predicted octanol–water partition coefficient (Wildman–Crippen LogP) is 7.78. The summed E-state index contributed by atoms with van der Waals surface area (Å²) in [6.45, 7) is 15.7. The third-order valence-corrected chi connectivity index (χ3v) is 6.14. The van der Waals surface area contributed by atoms with Crippen LogP contribution < -0.4 is 9.13 Å². The average molecular weight is 427 g/mol. The first-order valence-corrected chi connectivity index (χ1v) is 13.1. The van der Waals surface area contributed by atoms with E-state index < -0.39 is 0 Å². The molecule has 0 aliphatic rings. The van der Waals surface area contributed by atoms with E-state index in [-0.39, 0.29) is 0 Å². The topological polar surface area (TPSA) is 7.76 Å². The fourth-order valence-electron chi connectivity index (χ4n) is 3.97. The van der Waals surface area contributed by atoms with E-state index in [9.17, 15) is 0 Å². The molecular formula is C29H50N2+2. The fourth-order valence-corrected chi connectivity index (χ4v) is 3.97. The average Bonchev–Trinajstić information content (AvgIpc) is 2.80. The molecular weight excluding hydrogens is 376 g/mol. The maximum atomic E-state index is 2.36. The van der Waals surface area contributed by atoms with Crippen molar-refractivity contribution in [2.45, 2.75) is 112 Å². The van der Waals surface area contributed by atoms with Gasteiger partial charge in [0.25, 0.3) is 0 Å². The summed E-state index contributed by atoms with van der Waals surface area (Å²) in [4.78, 5) is 0. The van der Waals surface area contributed by atoms with Crippen LogP contribution in [0, 0.1) is 11.8 Å². The van der Waals surface area contributed by atoms with E-state index in [0.29, 0.717) is 0 Å². The molecule has 0 aliphatic heterocycles. The highest BCUT2D eigenvalue weighted by Gasteiger charge is 2.14. The molecule has 0 radical (unpaired) electrons. The summed E-state index contributed by atoms with van der Waals surface area (Å²) in [5, 5.41) is 0. The Morgan fingerprint density at radius 2 is 0.903 bits per heavy atom. The van der Waals surface area contributed by atoms with Crippen LogP contribution in [0.1, 0.15) is 99.3 Å². The number of hydrogen-bond donors (Lipinski definition) is 0. The van der Waals surface area contributed by atoms with Crippen molar-refractivity contribution in [2.24, 2.45) is 11.8 Å². The maximum absolute atomic E-state index is 2.36. The lowest BCUT2D eigenvalue weighted by molar-refractivity contribution is -0.703. The van der Waals surface area contributed by atoms with E-state index in [0.717, 1.165) is 24.9 Å². The normalized spacial score (nSPS) is 12.7. The minimum atomic E-state index is 0.797. The van der Waals surface area contributed by atoms with Crippen LogP contribution in [0.15, 0.2) is 49.1 Å². The molecule has 0 fully saturated rings. The molecule has 2 aromatic rings. The number of unbranched alkanes of at least 4 members (excludes halogenated alkanes) is 2. The first-order chi connectivity index (χ1) is 15.1. The van der Waals surface area contributed by atoms with Gasteiger partial charge >= 0.3 is 0 Å². The molecule has 0 amide bonds. The van der Waals surface area contributed by atoms with Crippen LogP contribution in [0.3, 0.4) is 0 Å². The van der Waals surface area contributed by atoms with Crippen LogP contribution >= 0.6 is 0 Å². The van der Waals surface area contributed by atoms with E-state index >= 15 is 0 Å². The Balaban J connectivity index is 0.00000151. The summed E-state index contributed by atoms with van der Waals surface area (Å²) < 4.78 is 4.71. The summed E-state index contributed by atoms with van der Waals surface area (Å²) in [5.74, 6) is 1.59. The Labute approximate surface area is 193 Å². The second-order valence-electron chi connectivity index (χ2n) is 9.11. The van der Waals surface area contributed by atoms with Crippen molar-refractivity contribution in [3.05, 3.63) is 49.1 Å². The van der Waals surface area contributed by atoms with Gasteiger partial charge in [0, 0.05) is 36.1 Å². The van der Waals surface area contributed by atoms with Crippen LogP contribution in [0.2, 0.25) is 0 Å². The van der Waals surface area contributed by atoms with E-state index in [4.69, 9.17) is 0 Å². The van der Waals surface area contributed by atoms with E-state index in [1.807, 2.05) is 0 Å². The van der Waals surface area contributed by atoms with Crippen LogP contribution in [-0.4, -0.2) is 0 Å². The molecule has 2 aromatic heterocycles. The maximum Gasteiger partial charge on any atom is 0.169 e. The quantitative estimate of drug-likeness (QED) is 0.289. The van der Waals surface area contributed by atoms with Crippen molar-refractivity contribution >= 4 is 0 Å². The summed E-state index contributed by atoms with van der Waals surface area (Å²) in [5.41, 5.74) is 2.62. The van der Waals surface area contributed by atoms with Gasteiger partial charge in [-0.25, -0.2) is 9.13 Å². The SMILES string of the molecule is CCC.CCCCC(CC)C[n+]1ccc(-c2cc[n+](CC(CC)CCCC)cc2)cc1. The van der Waals surface area contributed by atoms with Gasteiger partial charge < -0.3 is 0 Å². The molecule has 2 heterocycles. The fraction of sp³-hybridized carbons (Fsp3) is 0.655. The van der Waals surface area contributed by atoms with Crippen molar-refractivity contribution < 1.29 is 9.13 Å². The van der Waals surface area contributed by atoms with E-state index in [1.54, 1.807) is 0 Å². The van der Waals surface area contributed by atoms with Gasteiger partial charge in [-0.3, -0.25) is 0 Å². The van der Waals surface area contributed by atoms with E-state index in [1.165, 1.54) is 68.9 Å². The highest BCUT2D eigenvalue weighted by Crippen LogP contribution is 2.18. The molecule has 0 spiro atoms. The van der Waals surface area contributed by atoms with Crippen molar-refractivity contribution in [1.29, 1.82) is 0 Å². The molecule has 0 N–H and O–H groups in total. The van der Waals surface area contributed by atoms with Gasteiger partial charge in [-0.2, -0.15) is 0 Å². The molecule has 174 valence electrons. The Hall–Kier alpha value is -1.70. The summed E-state index contributed by atoms with van der Waals surface area (Å²) in [6, 6.07) is 9.06. The molecule has 2 nitrogen and oxygen atoms in total. The minimum Gasteiger partial charge on any atom is -0.205 e. The first kappa shape index (κ1) is 27.3. The second kappa shape index (κ2) is 16.9. The molecule has 2 atom stereocenters. The van der Waals surface area contributed by atoms with Gasteiger partial charge in [-0.1, -0.05) is 73.6 Å². The Morgan fingerprint density at radius 3 is 1.16 bits per heavy atom.